The standard InChI is InChI=1S/C25H25NO6/c1-14(2)17-12-18(15(3)11-20(17)30-4)23(27)21-22(19-8-6-10-32-19)26(25(29)24(21)28)13-16-7-5-9-31-16/h5-12,14,22,27H,13H2,1-4H3/b23-21+. The number of ether oxygens (including phenoxy) is 1. The van der Waals surface area contributed by atoms with Crippen molar-refractivity contribution in [1.82, 2.24) is 4.90 Å². The number of likely N-dealkylation sites (tertiary alicyclic amines) is 1. The van der Waals surface area contributed by atoms with Crippen molar-refractivity contribution in [3.8, 4) is 5.75 Å². The molecule has 166 valence electrons. The third-order valence-corrected chi connectivity index (χ3v) is 5.71. The van der Waals surface area contributed by atoms with Gasteiger partial charge < -0.3 is 23.6 Å². The topological polar surface area (TPSA) is 93.1 Å². The van der Waals surface area contributed by atoms with Gasteiger partial charge in [-0.05, 0) is 60.4 Å². The molecule has 1 atom stereocenters. The summed E-state index contributed by atoms with van der Waals surface area (Å²) in [5, 5.41) is 11.3. The third-order valence-electron chi connectivity index (χ3n) is 5.71. The van der Waals surface area contributed by atoms with Crippen molar-refractivity contribution >= 4 is 17.4 Å². The minimum absolute atomic E-state index is 0.0144. The zero-order valence-corrected chi connectivity index (χ0v) is 18.4. The molecule has 1 aliphatic heterocycles. The lowest BCUT2D eigenvalue weighted by atomic mass is 9.92. The van der Waals surface area contributed by atoms with Crippen molar-refractivity contribution in [2.75, 3.05) is 7.11 Å². The van der Waals surface area contributed by atoms with Crippen LogP contribution in [0.4, 0.5) is 0 Å². The van der Waals surface area contributed by atoms with Gasteiger partial charge in [0.15, 0.2) is 0 Å². The number of amides is 1. The molecule has 7 nitrogen and oxygen atoms in total. The van der Waals surface area contributed by atoms with E-state index in [1.807, 2.05) is 32.9 Å². The van der Waals surface area contributed by atoms with E-state index in [0.29, 0.717) is 22.8 Å². The molecule has 2 aromatic heterocycles. The Kier molecular flexibility index (Phi) is 5.65. The first-order chi connectivity index (χ1) is 15.3. The van der Waals surface area contributed by atoms with E-state index in [0.717, 1.165) is 11.1 Å². The molecule has 0 saturated carbocycles. The molecule has 0 radical (unpaired) electrons. The summed E-state index contributed by atoms with van der Waals surface area (Å²) in [5.41, 5.74) is 2.07. The summed E-state index contributed by atoms with van der Waals surface area (Å²) in [7, 11) is 1.59. The molecule has 1 aromatic carbocycles. The normalized spacial score (nSPS) is 18.0. The highest BCUT2D eigenvalue weighted by Crippen LogP contribution is 2.42. The van der Waals surface area contributed by atoms with Crippen molar-refractivity contribution in [2.45, 2.75) is 39.3 Å². The van der Waals surface area contributed by atoms with Crippen LogP contribution in [0.5, 0.6) is 5.75 Å². The number of methoxy groups -OCH3 is 1. The molecule has 1 amide bonds. The molecule has 3 aromatic rings. The van der Waals surface area contributed by atoms with E-state index >= 15 is 0 Å². The Morgan fingerprint density at radius 2 is 1.88 bits per heavy atom. The summed E-state index contributed by atoms with van der Waals surface area (Å²) >= 11 is 0. The number of hydrogen-bond acceptors (Lipinski definition) is 6. The highest BCUT2D eigenvalue weighted by atomic mass is 16.5. The van der Waals surface area contributed by atoms with Crippen molar-refractivity contribution < 1.29 is 28.3 Å². The van der Waals surface area contributed by atoms with Crippen molar-refractivity contribution in [2.24, 2.45) is 0 Å². The molecule has 1 saturated heterocycles. The first kappa shape index (κ1) is 21.5. The Labute approximate surface area is 185 Å². The van der Waals surface area contributed by atoms with Gasteiger partial charge in [-0.2, -0.15) is 0 Å². The fourth-order valence-corrected chi connectivity index (χ4v) is 4.08. The maximum absolute atomic E-state index is 13.1. The number of furan rings is 2. The highest BCUT2D eigenvalue weighted by Gasteiger charge is 2.47. The van der Waals surface area contributed by atoms with Gasteiger partial charge in [-0.15, -0.1) is 0 Å². The van der Waals surface area contributed by atoms with Crippen LogP contribution in [-0.2, 0) is 16.1 Å². The van der Waals surface area contributed by atoms with Crippen molar-refractivity contribution in [1.29, 1.82) is 0 Å². The molecule has 7 heteroatoms. The third kappa shape index (κ3) is 3.60. The summed E-state index contributed by atoms with van der Waals surface area (Å²) in [4.78, 5) is 27.4. The van der Waals surface area contributed by atoms with Crippen LogP contribution in [0, 0.1) is 6.92 Å². The Bertz CT molecular complexity index is 1170. The number of carbonyl (C=O) groups excluding carboxylic acids is 2. The number of carbonyl (C=O) groups is 2. The number of hydrogen-bond donors (Lipinski definition) is 1. The van der Waals surface area contributed by atoms with Crippen molar-refractivity contribution in [3.05, 3.63) is 82.7 Å². The lowest BCUT2D eigenvalue weighted by molar-refractivity contribution is -0.140. The highest BCUT2D eigenvalue weighted by molar-refractivity contribution is 6.46. The first-order valence-corrected chi connectivity index (χ1v) is 10.4. The fraction of sp³-hybridized carbons (Fsp3) is 0.280. The van der Waals surface area contributed by atoms with E-state index in [1.54, 1.807) is 31.4 Å². The van der Waals surface area contributed by atoms with Gasteiger partial charge in [-0.3, -0.25) is 9.59 Å². The van der Waals surface area contributed by atoms with E-state index in [-0.39, 0.29) is 23.8 Å². The average Bonchev–Trinajstić information content (AvgIpc) is 3.52. The Hall–Kier alpha value is -3.74. The number of aliphatic hydroxyl groups is 1. The van der Waals surface area contributed by atoms with Crippen LogP contribution in [0.15, 0.2) is 63.3 Å². The first-order valence-electron chi connectivity index (χ1n) is 10.4. The van der Waals surface area contributed by atoms with Crippen LogP contribution in [0.1, 0.15) is 54.0 Å². The zero-order valence-electron chi connectivity index (χ0n) is 18.4. The quantitative estimate of drug-likeness (QED) is 0.335. The number of aliphatic hydroxyl groups excluding tert-OH is 1. The van der Waals surface area contributed by atoms with Crippen LogP contribution in [0.3, 0.4) is 0 Å². The number of Topliss-reactive ketones (excluding diaryl/α,β-unsaturated/α-hetero) is 1. The summed E-state index contributed by atoms with van der Waals surface area (Å²) in [5.74, 6) is -0.00178. The number of ketones is 1. The molecular weight excluding hydrogens is 410 g/mol. The van der Waals surface area contributed by atoms with Gasteiger partial charge in [0.05, 0.1) is 31.8 Å². The monoisotopic (exact) mass is 435 g/mol. The lowest BCUT2D eigenvalue weighted by Crippen LogP contribution is -2.28. The smallest absolute Gasteiger partial charge is 0.296 e. The SMILES string of the molecule is COc1cc(C)c(/C(O)=C2\C(=O)C(=O)N(Cc3ccco3)C2c2ccco2)cc1C(C)C. The maximum atomic E-state index is 13.1. The van der Waals surface area contributed by atoms with Gasteiger partial charge in [0, 0.05) is 5.56 Å². The van der Waals surface area contributed by atoms with E-state index in [1.165, 1.54) is 17.4 Å². The van der Waals surface area contributed by atoms with Crippen LogP contribution in [0.2, 0.25) is 0 Å². The second-order valence-corrected chi connectivity index (χ2v) is 8.09. The second-order valence-electron chi connectivity index (χ2n) is 8.09. The maximum Gasteiger partial charge on any atom is 0.296 e. The van der Waals surface area contributed by atoms with E-state index < -0.39 is 17.7 Å². The molecule has 0 bridgehead atoms. The van der Waals surface area contributed by atoms with Gasteiger partial charge in [0.2, 0.25) is 0 Å². The number of rotatable bonds is 6. The minimum Gasteiger partial charge on any atom is -0.507 e. The van der Waals surface area contributed by atoms with E-state index in [4.69, 9.17) is 13.6 Å². The molecule has 1 fully saturated rings. The predicted molar refractivity (Wildman–Crippen MR) is 117 cm³/mol. The van der Waals surface area contributed by atoms with Crippen LogP contribution in [0.25, 0.3) is 5.76 Å². The molecule has 0 aliphatic carbocycles. The molecule has 3 heterocycles. The van der Waals surface area contributed by atoms with Crippen molar-refractivity contribution in [3.63, 3.8) is 0 Å². The molecule has 1 aliphatic rings. The predicted octanol–water partition coefficient (Wildman–Crippen LogP) is 4.93. The summed E-state index contributed by atoms with van der Waals surface area (Å²) < 4.78 is 16.4. The molecule has 0 spiro atoms. The van der Waals surface area contributed by atoms with Gasteiger partial charge in [0.25, 0.3) is 11.7 Å². The molecule has 4 rings (SSSR count). The Balaban J connectivity index is 1.89. The molecule has 32 heavy (non-hydrogen) atoms. The summed E-state index contributed by atoms with van der Waals surface area (Å²) in [6, 6.07) is 9.55. The lowest BCUT2D eigenvalue weighted by Gasteiger charge is -2.22. The summed E-state index contributed by atoms with van der Waals surface area (Å²) in [6.07, 6.45) is 2.97. The van der Waals surface area contributed by atoms with Gasteiger partial charge in [0.1, 0.15) is 29.1 Å². The number of aryl methyl sites for hydroxylation is 1. The van der Waals surface area contributed by atoms with Crippen LogP contribution in [-0.4, -0.2) is 28.8 Å². The largest absolute Gasteiger partial charge is 0.507 e. The van der Waals surface area contributed by atoms with E-state index in [2.05, 4.69) is 0 Å². The second kappa shape index (κ2) is 8.42. The van der Waals surface area contributed by atoms with Gasteiger partial charge in [-0.1, -0.05) is 13.8 Å². The molecule has 1 N–H and O–H groups in total. The summed E-state index contributed by atoms with van der Waals surface area (Å²) in [6.45, 7) is 5.92. The Morgan fingerprint density at radius 3 is 2.47 bits per heavy atom. The molecular formula is C25H25NO6. The Morgan fingerprint density at radius 1 is 1.16 bits per heavy atom. The molecule has 1 unspecified atom stereocenters. The fourth-order valence-electron chi connectivity index (χ4n) is 4.08. The van der Waals surface area contributed by atoms with Crippen LogP contribution >= 0.6 is 0 Å². The average molecular weight is 435 g/mol. The van der Waals surface area contributed by atoms with Gasteiger partial charge >= 0.3 is 0 Å². The number of nitrogens with zero attached hydrogens (tertiary/aromatic N) is 1. The number of benzene rings is 1. The zero-order chi connectivity index (χ0) is 23.0. The van der Waals surface area contributed by atoms with Gasteiger partial charge in [-0.25, -0.2) is 0 Å². The van der Waals surface area contributed by atoms with E-state index in [9.17, 15) is 14.7 Å². The minimum atomic E-state index is -0.876. The van der Waals surface area contributed by atoms with Crippen LogP contribution < -0.4 is 4.74 Å².